The number of rotatable bonds is 8. The maximum atomic E-state index is 12.7. The number of halogens is 3. The van der Waals surface area contributed by atoms with Crippen molar-refractivity contribution in [3.63, 3.8) is 0 Å². The number of nitrogens with zero attached hydrogens (tertiary/aromatic N) is 1. The lowest BCUT2D eigenvalue weighted by Gasteiger charge is -2.22. The van der Waals surface area contributed by atoms with Gasteiger partial charge in [0.1, 0.15) is 12.2 Å². The van der Waals surface area contributed by atoms with Gasteiger partial charge in [-0.1, -0.05) is 44.2 Å². The van der Waals surface area contributed by atoms with Crippen molar-refractivity contribution in [3.8, 4) is 0 Å². The molecule has 10 heteroatoms. The third-order valence-corrected chi connectivity index (χ3v) is 4.36. The quantitative estimate of drug-likeness (QED) is 0.662. The topological polar surface area (TPSA) is 97.3 Å². The summed E-state index contributed by atoms with van der Waals surface area (Å²) in [6, 6.07) is 9.83. The molecule has 1 unspecified atom stereocenters. The predicted molar refractivity (Wildman–Crippen MR) is 107 cm³/mol. The Balaban J connectivity index is 2.08. The minimum absolute atomic E-state index is 0.0330. The molecule has 2 aromatic rings. The van der Waals surface area contributed by atoms with E-state index in [1.54, 1.807) is 30.3 Å². The number of hydrogen-bond acceptors (Lipinski definition) is 4. The van der Waals surface area contributed by atoms with E-state index in [1.807, 2.05) is 5.32 Å². The second-order valence-corrected chi connectivity index (χ2v) is 7.22. The van der Waals surface area contributed by atoms with Gasteiger partial charge in [0, 0.05) is 6.20 Å². The number of pyridine rings is 1. The summed E-state index contributed by atoms with van der Waals surface area (Å²) in [5, 5.41) is 4.50. The number of amides is 2. The Morgan fingerprint density at radius 2 is 1.65 bits per heavy atom. The van der Waals surface area contributed by atoms with Crippen LogP contribution in [0.15, 0.2) is 53.5 Å². The molecule has 31 heavy (non-hydrogen) atoms. The van der Waals surface area contributed by atoms with Crippen LogP contribution in [0, 0.1) is 5.92 Å². The summed E-state index contributed by atoms with van der Waals surface area (Å²) in [5.41, 5.74) is -0.0463. The molecule has 2 rings (SSSR count). The van der Waals surface area contributed by atoms with Crippen molar-refractivity contribution < 1.29 is 27.6 Å². The van der Waals surface area contributed by atoms with Crippen LogP contribution < -0.4 is 16.2 Å². The first-order valence-electron chi connectivity index (χ1n) is 9.42. The van der Waals surface area contributed by atoms with Crippen molar-refractivity contribution >= 4 is 23.3 Å². The Morgan fingerprint density at radius 1 is 1.00 bits per heavy atom. The average molecular weight is 437 g/mol. The van der Waals surface area contributed by atoms with Crippen molar-refractivity contribution in [1.29, 1.82) is 0 Å². The molecule has 166 valence electrons. The maximum absolute atomic E-state index is 12.7. The van der Waals surface area contributed by atoms with Gasteiger partial charge in [0.2, 0.25) is 11.8 Å². The van der Waals surface area contributed by atoms with Gasteiger partial charge >= 0.3 is 6.18 Å². The van der Waals surface area contributed by atoms with Crippen LogP contribution in [-0.4, -0.2) is 34.4 Å². The fourth-order valence-corrected chi connectivity index (χ4v) is 2.82. The van der Waals surface area contributed by atoms with Crippen LogP contribution in [0.4, 0.5) is 18.9 Å². The molecule has 0 saturated heterocycles. The minimum atomic E-state index is -5.10. The number of anilines is 1. The maximum Gasteiger partial charge on any atom is 0.452 e. The lowest BCUT2D eigenvalue weighted by Crippen LogP contribution is -2.50. The molecule has 0 aliphatic carbocycles. The van der Waals surface area contributed by atoms with E-state index in [9.17, 15) is 32.3 Å². The Hall–Kier alpha value is -3.43. The molecular weight excluding hydrogens is 415 g/mol. The summed E-state index contributed by atoms with van der Waals surface area (Å²) >= 11 is 0. The summed E-state index contributed by atoms with van der Waals surface area (Å²) in [7, 11) is 0. The highest BCUT2D eigenvalue weighted by atomic mass is 19.4. The zero-order valence-corrected chi connectivity index (χ0v) is 16.9. The van der Waals surface area contributed by atoms with E-state index >= 15 is 0 Å². The highest BCUT2D eigenvalue weighted by molar-refractivity contribution is 5.93. The zero-order chi connectivity index (χ0) is 23.2. The number of ketones is 1. The standard InChI is InChI=1S/C21H22F3N3O4/c1-13(2)18(19(30)21(22,23)24)26-17(29)12-27-10-6-9-15(20(27)31)25-16(28)11-14-7-4-3-5-8-14/h3-10,13,18H,11-12H2,1-2H3,(H,25,28)(H,26,29). The number of carbonyl (C=O) groups excluding carboxylic acids is 3. The molecule has 0 aliphatic heterocycles. The monoisotopic (exact) mass is 437 g/mol. The molecule has 7 nitrogen and oxygen atoms in total. The van der Waals surface area contributed by atoms with Crippen LogP contribution in [0.2, 0.25) is 0 Å². The normalized spacial score (nSPS) is 12.3. The van der Waals surface area contributed by atoms with E-state index in [-0.39, 0.29) is 12.1 Å². The van der Waals surface area contributed by atoms with Gasteiger partial charge in [-0.3, -0.25) is 19.2 Å². The van der Waals surface area contributed by atoms with Crippen LogP contribution in [-0.2, 0) is 27.3 Å². The number of nitrogens with one attached hydrogen (secondary N) is 2. The Bertz CT molecular complexity index is 1000. The van der Waals surface area contributed by atoms with Crippen LogP contribution in [0.5, 0.6) is 0 Å². The second kappa shape index (κ2) is 10.1. The van der Waals surface area contributed by atoms with E-state index in [1.165, 1.54) is 32.2 Å². The van der Waals surface area contributed by atoms with Crippen LogP contribution >= 0.6 is 0 Å². The second-order valence-electron chi connectivity index (χ2n) is 7.22. The largest absolute Gasteiger partial charge is 0.452 e. The van der Waals surface area contributed by atoms with Crippen molar-refractivity contribution in [2.24, 2.45) is 5.92 Å². The van der Waals surface area contributed by atoms with Gasteiger partial charge in [-0.15, -0.1) is 0 Å². The summed E-state index contributed by atoms with van der Waals surface area (Å²) in [5.74, 6) is -4.25. The van der Waals surface area contributed by atoms with Gasteiger partial charge in [-0.25, -0.2) is 0 Å². The third kappa shape index (κ3) is 6.80. The molecule has 2 N–H and O–H groups in total. The Labute approximate surface area is 176 Å². The van der Waals surface area contributed by atoms with Crippen molar-refractivity contribution in [2.45, 2.75) is 39.0 Å². The van der Waals surface area contributed by atoms with Crippen molar-refractivity contribution in [2.75, 3.05) is 5.32 Å². The van der Waals surface area contributed by atoms with E-state index in [0.29, 0.717) is 0 Å². The van der Waals surface area contributed by atoms with Gasteiger partial charge in [0.25, 0.3) is 11.3 Å². The van der Waals surface area contributed by atoms with Crippen molar-refractivity contribution in [1.82, 2.24) is 9.88 Å². The SMILES string of the molecule is CC(C)C(NC(=O)Cn1cccc(NC(=O)Cc2ccccc2)c1=O)C(=O)C(F)(F)F. The Morgan fingerprint density at radius 3 is 2.23 bits per heavy atom. The molecular formula is C21H22F3N3O4. The first kappa shape index (κ1) is 23.8. The predicted octanol–water partition coefficient (Wildman–Crippen LogP) is 2.30. The van der Waals surface area contributed by atoms with Gasteiger partial charge in [-0.2, -0.15) is 13.2 Å². The molecule has 0 fully saturated rings. The van der Waals surface area contributed by atoms with Gasteiger partial charge < -0.3 is 15.2 Å². The summed E-state index contributed by atoms with van der Waals surface area (Å²) < 4.78 is 39.1. The molecule has 0 aliphatic rings. The van der Waals surface area contributed by atoms with E-state index < -0.39 is 47.8 Å². The summed E-state index contributed by atoms with van der Waals surface area (Å²) in [6.07, 6.45) is -3.81. The number of Topliss-reactive ketones (excluding diaryl/α,β-unsaturated/α-hetero) is 1. The molecule has 1 aromatic carbocycles. The number of benzene rings is 1. The van der Waals surface area contributed by atoms with Crippen LogP contribution in [0.3, 0.4) is 0 Å². The van der Waals surface area contributed by atoms with E-state index in [2.05, 4.69) is 5.32 Å². The van der Waals surface area contributed by atoms with Crippen LogP contribution in [0.25, 0.3) is 0 Å². The molecule has 0 saturated carbocycles. The first-order chi connectivity index (χ1) is 14.5. The number of alkyl halides is 3. The van der Waals surface area contributed by atoms with E-state index in [0.717, 1.165) is 10.1 Å². The molecule has 0 bridgehead atoms. The fourth-order valence-electron chi connectivity index (χ4n) is 2.82. The minimum Gasteiger partial charge on any atom is -0.344 e. The number of hydrogen-bond donors (Lipinski definition) is 2. The molecule has 1 heterocycles. The van der Waals surface area contributed by atoms with E-state index in [4.69, 9.17) is 0 Å². The average Bonchev–Trinajstić information content (AvgIpc) is 2.68. The number of carbonyl (C=O) groups is 3. The first-order valence-corrected chi connectivity index (χ1v) is 9.42. The molecule has 1 aromatic heterocycles. The molecule has 0 spiro atoms. The van der Waals surface area contributed by atoms with Crippen LogP contribution in [0.1, 0.15) is 19.4 Å². The zero-order valence-electron chi connectivity index (χ0n) is 16.9. The Kier molecular flexibility index (Phi) is 7.73. The lowest BCUT2D eigenvalue weighted by molar-refractivity contribution is -0.174. The molecule has 0 radical (unpaired) electrons. The number of aromatic nitrogens is 1. The van der Waals surface area contributed by atoms with Crippen molar-refractivity contribution in [3.05, 3.63) is 64.6 Å². The summed E-state index contributed by atoms with van der Waals surface area (Å²) in [4.78, 5) is 48.4. The van der Waals surface area contributed by atoms with Gasteiger partial charge in [-0.05, 0) is 23.6 Å². The third-order valence-electron chi connectivity index (χ3n) is 4.36. The lowest BCUT2D eigenvalue weighted by atomic mass is 9.99. The highest BCUT2D eigenvalue weighted by Gasteiger charge is 2.44. The fraction of sp³-hybridized carbons (Fsp3) is 0.333. The molecule has 1 atom stereocenters. The smallest absolute Gasteiger partial charge is 0.344 e. The highest BCUT2D eigenvalue weighted by Crippen LogP contribution is 2.21. The summed E-state index contributed by atoms with van der Waals surface area (Å²) in [6.45, 7) is 2.11. The van der Waals surface area contributed by atoms with Gasteiger partial charge in [0.05, 0.1) is 12.5 Å². The molecule has 2 amide bonds. The van der Waals surface area contributed by atoms with Gasteiger partial charge in [0.15, 0.2) is 0 Å².